The van der Waals surface area contributed by atoms with Crippen molar-refractivity contribution < 1.29 is 18.7 Å². The summed E-state index contributed by atoms with van der Waals surface area (Å²) in [6.07, 6.45) is 2.94. The predicted molar refractivity (Wildman–Crippen MR) is 116 cm³/mol. The van der Waals surface area contributed by atoms with Gasteiger partial charge in [-0.25, -0.2) is 14.8 Å². The lowest BCUT2D eigenvalue weighted by molar-refractivity contribution is 0.0955. The van der Waals surface area contributed by atoms with Gasteiger partial charge >= 0.3 is 0 Å². The maximum Gasteiger partial charge on any atom is 0.274 e. The van der Waals surface area contributed by atoms with Crippen LogP contribution in [0.2, 0.25) is 5.15 Å². The van der Waals surface area contributed by atoms with Gasteiger partial charge in [-0.3, -0.25) is 4.79 Å². The molecule has 30 heavy (non-hydrogen) atoms. The SMILES string of the molecule is COc1cc(C=NNC(=O)c2cccnc2Cl)c(Br)cc1OCc1cccc(F)c1. The van der Waals surface area contributed by atoms with E-state index in [1.807, 2.05) is 0 Å². The lowest BCUT2D eigenvalue weighted by Crippen LogP contribution is -2.18. The number of hydrazone groups is 1. The Morgan fingerprint density at radius 2 is 2.10 bits per heavy atom. The van der Waals surface area contributed by atoms with E-state index in [0.29, 0.717) is 27.1 Å². The van der Waals surface area contributed by atoms with E-state index in [-0.39, 0.29) is 23.1 Å². The van der Waals surface area contributed by atoms with Crippen molar-refractivity contribution in [2.24, 2.45) is 5.10 Å². The van der Waals surface area contributed by atoms with Crippen LogP contribution in [0, 0.1) is 5.82 Å². The Morgan fingerprint density at radius 3 is 2.83 bits per heavy atom. The van der Waals surface area contributed by atoms with Gasteiger partial charge in [-0.05, 0) is 57.9 Å². The number of rotatable bonds is 7. The molecule has 0 aliphatic rings. The highest BCUT2D eigenvalue weighted by Crippen LogP contribution is 2.33. The summed E-state index contributed by atoms with van der Waals surface area (Å²) in [5.74, 6) is 0.113. The third kappa shape index (κ3) is 5.55. The zero-order valence-corrected chi connectivity index (χ0v) is 18.1. The highest BCUT2D eigenvalue weighted by molar-refractivity contribution is 9.10. The van der Waals surface area contributed by atoms with Crippen molar-refractivity contribution in [2.75, 3.05) is 7.11 Å². The molecule has 0 fully saturated rings. The number of hydrogen-bond acceptors (Lipinski definition) is 5. The second-order valence-electron chi connectivity index (χ2n) is 5.98. The second kappa shape index (κ2) is 10.2. The Labute approximate surface area is 185 Å². The van der Waals surface area contributed by atoms with Crippen molar-refractivity contribution in [3.8, 4) is 11.5 Å². The van der Waals surface area contributed by atoms with Crippen LogP contribution in [0.3, 0.4) is 0 Å². The van der Waals surface area contributed by atoms with Gasteiger partial charge < -0.3 is 9.47 Å². The van der Waals surface area contributed by atoms with Crippen LogP contribution in [0.5, 0.6) is 11.5 Å². The molecule has 6 nitrogen and oxygen atoms in total. The summed E-state index contributed by atoms with van der Waals surface area (Å²) in [5, 5.41) is 4.04. The van der Waals surface area contributed by atoms with Crippen LogP contribution in [-0.4, -0.2) is 24.2 Å². The van der Waals surface area contributed by atoms with Crippen LogP contribution >= 0.6 is 27.5 Å². The molecule has 2 aromatic carbocycles. The van der Waals surface area contributed by atoms with Crippen molar-refractivity contribution in [1.82, 2.24) is 10.4 Å². The largest absolute Gasteiger partial charge is 0.493 e. The van der Waals surface area contributed by atoms with Crippen molar-refractivity contribution in [3.63, 3.8) is 0 Å². The normalized spacial score (nSPS) is 10.8. The summed E-state index contributed by atoms with van der Waals surface area (Å²) >= 11 is 9.34. The van der Waals surface area contributed by atoms with Gasteiger partial charge in [-0.1, -0.05) is 23.7 Å². The van der Waals surface area contributed by atoms with Crippen LogP contribution in [0.15, 0.2) is 64.3 Å². The number of pyridine rings is 1. The number of amides is 1. The van der Waals surface area contributed by atoms with Crippen molar-refractivity contribution in [1.29, 1.82) is 0 Å². The molecular weight excluding hydrogens is 477 g/mol. The average Bonchev–Trinajstić information content (AvgIpc) is 2.73. The molecule has 3 rings (SSSR count). The molecule has 0 bridgehead atoms. The first-order valence-corrected chi connectivity index (χ1v) is 9.83. The molecule has 0 radical (unpaired) electrons. The minimum absolute atomic E-state index is 0.0906. The summed E-state index contributed by atoms with van der Waals surface area (Å²) in [6.45, 7) is 0.177. The van der Waals surface area contributed by atoms with E-state index in [9.17, 15) is 9.18 Å². The highest BCUT2D eigenvalue weighted by atomic mass is 79.9. The van der Waals surface area contributed by atoms with Gasteiger partial charge in [-0.2, -0.15) is 5.10 Å². The van der Waals surface area contributed by atoms with E-state index >= 15 is 0 Å². The average molecular weight is 493 g/mol. The molecule has 0 aliphatic heterocycles. The first-order chi connectivity index (χ1) is 14.5. The minimum atomic E-state index is -0.484. The highest BCUT2D eigenvalue weighted by Gasteiger charge is 2.12. The van der Waals surface area contributed by atoms with Crippen molar-refractivity contribution >= 4 is 39.7 Å². The van der Waals surface area contributed by atoms with E-state index in [0.717, 1.165) is 0 Å². The number of carbonyl (C=O) groups excluding carboxylic acids is 1. The fraction of sp³-hybridized carbons (Fsp3) is 0.0952. The van der Waals surface area contributed by atoms with Gasteiger partial charge in [0.25, 0.3) is 5.91 Å². The Hall–Kier alpha value is -2.97. The molecule has 1 aromatic heterocycles. The third-order valence-electron chi connectivity index (χ3n) is 3.94. The fourth-order valence-electron chi connectivity index (χ4n) is 2.49. The molecule has 154 valence electrons. The van der Waals surface area contributed by atoms with Gasteiger partial charge in [0.1, 0.15) is 17.6 Å². The summed E-state index contributed by atoms with van der Waals surface area (Å²) in [6, 6.07) is 12.7. The van der Waals surface area contributed by atoms with Crippen LogP contribution in [-0.2, 0) is 6.61 Å². The first kappa shape index (κ1) is 21.7. The smallest absolute Gasteiger partial charge is 0.274 e. The molecule has 0 atom stereocenters. The van der Waals surface area contributed by atoms with Crippen LogP contribution in [0.4, 0.5) is 4.39 Å². The Bertz CT molecular complexity index is 1090. The number of hydrogen-bond donors (Lipinski definition) is 1. The number of benzene rings is 2. The molecule has 1 N–H and O–H groups in total. The monoisotopic (exact) mass is 491 g/mol. The summed E-state index contributed by atoms with van der Waals surface area (Å²) in [7, 11) is 1.51. The Morgan fingerprint density at radius 1 is 1.27 bits per heavy atom. The number of aromatic nitrogens is 1. The van der Waals surface area contributed by atoms with Crippen LogP contribution in [0.25, 0.3) is 0 Å². The second-order valence-corrected chi connectivity index (χ2v) is 7.20. The Balaban J connectivity index is 1.71. The number of nitrogens with zero attached hydrogens (tertiary/aromatic N) is 2. The summed E-state index contributed by atoms with van der Waals surface area (Å²) < 4.78 is 25.1. The lowest BCUT2D eigenvalue weighted by Gasteiger charge is -2.13. The van der Waals surface area contributed by atoms with Crippen molar-refractivity contribution in [2.45, 2.75) is 6.61 Å². The minimum Gasteiger partial charge on any atom is -0.493 e. The zero-order chi connectivity index (χ0) is 21.5. The maximum absolute atomic E-state index is 13.3. The lowest BCUT2D eigenvalue weighted by atomic mass is 10.2. The molecule has 0 spiro atoms. The quantitative estimate of drug-likeness (QED) is 0.287. The topological polar surface area (TPSA) is 72.8 Å². The number of carbonyl (C=O) groups is 1. The van der Waals surface area contributed by atoms with Gasteiger partial charge in [0.05, 0.1) is 18.9 Å². The van der Waals surface area contributed by atoms with Gasteiger partial charge in [-0.15, -0.1) is 0 Å². The molecule has 3 aromatic rings. The number of halogens is 3. The molecule has 9 heteroatoms. The number of methoxy groups -OCH3 is 1. The van der Waals surface area contributed by atoms with Crippen LogP contribution in [0.1, 0.15) is 21.5 Å². The molecule has 1 amide bonds. The third-order valence-corrected chi connectivity index (χ3v) is 4.93. The Kier molecular flexibility index (Phi) is 7.37. The zero-order valence-electron chi connectivity index (χ0n) is 15.7. The van der Waals surface area contributed by atoms with E-state index in [2.05, 4.69) is 31.4 Å². The summed E-state index contributed by atoms with van der Waals surface area (Å²) in [4.78, 5) is 16.0. The summed E-state index contributed by atoms with van der Waals surface area (Å²) in [5.41, 5.74) is 3.95. The van der Waals surface area contributed by atoms with E-state index in [1.165, 1.54) is 31.7 Å². The molecule has 1 heterocycles. The van der Waals surface area contributed by atoms with E-state index < -0.39 is 5.91 Å². The molecule has 0 saturated heterocycles. The van der Waals surface area contributed by atoms with E-state index in [1.54, 1.807) is 36.4 Å². The number of ether oxygens (including phenoxy) is 2. The fourth-order valence-corrected chi connectivity index (χ4v) is 3.12. The molecule has 0 aliphatic carbocycles. The first-order valence-electron chi connectivity index (χ1n) is 8.66. The van der Waals surface area contributed by atoms with Gasteiger partial charge in [0.2, 0.25) is 0 Å². The predicted octanol–water partition coefficient (Wildman–Crippen LogP) is 4.99. The van der Waals surface area contributed by atoms with E-state index in [4.69, 9.17) is 21.1 Å². The van der Waals surface area contributed by atoms with Gasteiger partial charge in [0, 0.05) is 16.2 Å². The maximum atomic E-state index is 13.3. The molecule has 0 unspecified atom stereocenters. The molecular formula is C21H16BrClFN3O3. The van der Waals surface area contributed by atoms with Gasteiger partial charge in [0.15, 0.2) is 11.5 Å². The standard InChI is InChI=1S/C21H16BrClFN3O3/c1-29-18-9-14(11-26-27-21(28)16-6-3-7-25-20(16)23)17(22)10-19(18)30-12-13-4-2-5-15(24)8-13/h2-11H,12H2,1H3,(H,27,28). The molecule has 0 saturated carbocycles. The van der Waals surface area contributed by atoms with Crippen molar-refractivity contribution in [3.05, 3.63) is 86.9 Å². The number of nitrogens with one attached hydrogen (secondary N) is 1. The van der Waals surface area contributed by atoms with Crippen LogP contribution < -0.4 is 14.9 Å².